The van der Waals surface area contributed by atoms with E-state index in [0.29, 0.717) is 6.42 Å². The molecule has 6 heteroatoms. The largest absolute Gasteiger partial charge is 0.481 e. The number of carboxylic acids is 1. The number of aliphatic carboxylic acids is 1. The maximum atomic E-state index is 12.3. The third-order valence-corrected chi connectivity index (χ3v) is 4.00. The first kappa shape index (κ1) is 22.8. The van der Waals surface area contributed by atoms with Crippen LogP contribution in [0.5, 0.6) is 0 Å². The van der Waals surface area contributed by atoms with E-state index in [1.165, 1.54) is 31.8 Å². The highest BCUT2D eigenvalue weighted by molar-refractivity contribution is 5.99. The highest BCUT2D eigenvalue weighted by atomic mass is 16.4. The zero-order valence-corrected chi connectivity index (χ0v) is 15.5. The van der Waals surface area contributed by atoms with Crippen molar-refractivity contribution in [2.75, 3.05) is 21.1 Å². The normalized spacial score (nSPS) is 16.1. The Bertz CT molecular complexity index is 428. The van der Waals surface area contributed by atoms with Gasteiger partial charge in [0.15, 0.2) is 5.78 Å². The van der Waals surface area contributed by atoms with E-state index in [2.05, 4.69) is 6.92 Å². The van der Waals surface area contributed by atoms with Gasteiger partial charge in [0, 0.05) is 0 Å². The van der Waals surface area contributed by atoms with Gasteiger partial charge in [-0.25, -0.2) is 0 Å². The highest BCUT2D eigenvalue weighted by Gasteiger charge is 2.50. The van der Waals surface area contributed by atoms with Crippen LogP contribution in [0.3, 0.4) is 0 Å². The molecule has 6 nitrogen and oxygen atoms in total. The first-order valence-corrected chi connectivity index (χ1v) is 8.70. The summed E-state index contributed by atoms with van der Waals surface area (Å²) in [7, 11) is 4.76. The van der Waals surface area contributed by atoms with E-state index in [1.807, 2.05) is 0 Å². The third-order valence-electron chi connectivity index (χ3n) is 4.00. The number of aliphatic hydroxyl groups is 2. The van der Waals surface area contributed by atoms with Gasteiger partial charge in [-0.15, -0.1) is 0 Å². The van der Waals surface area contributed by atoms with Crippen molar-refractivity contribution in [2.24, 2.45) is 0 Å². The maximum absolute atomic E-state index is 12.3. The Hall–Kier alpha value is -1.24. The number of hydrogen-bond acceptors (Lipinski definition) is 4. The Balaban J connectivity index is 4.67. The van der Waals surface area contributed by atoms with Crippen molar-refractivity contribution in [3.05, 3.63) is 12.2 Å². The molecule has 140 valence electrons. The molecule has 0 rings (SSSR count). The lowest BCUT2D eigenvalue weighted by atomic mass is 9.90. The van der Waals surface area contributed by atoms with E-state index in [0.717, 1.165) is 12.8 Å². The first-order chi connectivity index (χ1) is 11.1. The average Bonchev–Trinajstić information content (AvgIpc) is 2.47. The molecule has 0 fully saturated rings. The van der Waals surface area contributed by atoms with Crippen LogP contribution in [0, 0.1) is 0 Å². The van der Waals surface area contributed by atoms with Crippen LogP contribution in [0.1, 0.15) is 58.3 Å². The molecular weight excluding hydrogens is 310 g/mol. The minimum atomic E-state index is -2.33. The molecule has 0 aromatic rings. The fourth-order valence-corrected chi connectivity index (χ4v) is 2.55. The summed E-state index contributed by atoms with van der Waals surface area (Å²) in [4.78, 5) is 23.3. The number of unbranched alkanes of at least 4 members (excludes halogenated alkanes) is 6. The van der Waals surface area contributed by atoms with E-state index >= 15 is 0 Å². The fraction of sp³-hybridized carbons (Fsp3) is 0.778. The van der Waals surface area contributed by atoms with Crippen molar-refractivity contribution in [3.63, 3.8) is 0 Å². The van der Waals surface area contributed by atoms with Crippen LogP contribution >= 0.6 is 0 Å². The van der Waals surface area contributed by atoms with Crippen molar-refractivity contribution >= 4 is 11.8 Å². The van der Waals surface area contributed by atoms with Gasteiger partial charge >= 0.3 is 5.97 Å². The summed E-state index contributed by atoms with van der Waals surface area (Å²) in [6.07, 6.45) is 8.04. The molecule has 0 radical (unpaired) electrons. The van der Waals surface area contributed by atoms with Gasteiger partial charge in [0.05, 0.1) is 27.6 Å². The van der Waals surface area contributed by atoms with Crippen LogP contribution in [-0.2, 0) is 9.59 Å². The zero-order valence-electron chi connectivity index (χ0n) is 15.5. The molecule has 2 unspecified atom stereocenters. The van der Waals surface area contributed by atoms with Gasteiger partial charge in [-0.05, 0) is 18.9 Å². The topological polar surface area (TPSA) is 94.8 Å². The van der Waals surface area contributed by atoms with Crippen LogP contribution in [0.4, 0.5) is 0 Å². The van der Waals surface area contributed by atoms with Gasteiger partial charge < -0.3 is 19.8 Å². The summed E-state index contributed by atoms with van der Waals surface area (Å²) in [5.41, 5.74) is -2.33. The minimum Gasteiger partial charge on any atom is -0.481 e. The summed E-state index contributed by atoms with van der Waals surface area (Å²) in [6, 6.07) is 0. The van der Waals surface area contributed by atoms with Crippen LogP contribution in [0.25, 0.3) is 0 Å². The Kier molecular flexibility index (Phi) is 10.0. The maximum Gasteiger partial charge on any atom is 0.307 e. The fourth-order valence-electron chi connectivity index (χ4n) is 2.55. The molecule has 0 saturated carbocycles. The van der Waals surface area contributed by atoms with Crippen LogP contribution in [0.15, 0.2) is 12.2 Å². The molecule has 0 bridgehead atoms. The summed E-state index contributed by atoms with van der Waals surface area (Å²) in [5, 5.41) is 29.7. The second kappa shape index (κ2) is 10.6. The van der Waals surface area contributed by atoms with Crippen molar-refractivity contribution in [3.8, 4) is 0 Å². The van der Waals surface area contributed by atoms with E-state index in [9.17, 15) is 19.8 Å². The SMILES string of the molecule is CCCCCCCCC=CC(=O)C(O)(CC(=O)O)C(O)[N+](C)(C)C. The van der Waals surface area contributed by atoms with Crippen LogP contribution < -0.4 is 0 Å². The number of hydrogen-bond donors (Lipinski definition) is 3. The Labute approximate surface area is 145 Å². The number of aliphatic hydroxyl groups excluding tert-OH is 1. The van der Waals surface area contributed by atoms with Crippen molar-refractivity contribution < 1.29 is 29.4 Å². The Morgan fingerprint density at radius 2 is 1.62 bits per heavy atom. The lowest BCUT2D eigenvalue weighted by Crippen LogP contribution is -2.62. The van der Waals surface area contributed by atoms with Gasteiger partial charge in [0.2, 0.25) is 11.8 Å². The van der Waals surface area contributed by atoms with Crippen LogP contribution in [-0.4, -0.2) is 64.5 Å². The Morgan fingerprint density at radius 1 is 1.08 bits per heavy atom. The van der Waals surface area contributed by atoms with Crippen molar-refractivity contribution in [2.45, 2.75) is 70.1 Å². The molecule has 0 spiro atoms. The summed E-state index contributed by atoms with van der Waals surface area (Å²) in [6.45, 7) is 2.16. The second-order valence-corrected chi connectivity index (χ2v) is 7.31. The number of rotatable bonds is 13. The number of quaternary nitrogens is 1. The van der Waals surface area contributed by atoms with E-state index < -0.39 is 30.0 Å². The number of allylic oxidation sites excluding steroid dienone is 1. The molecule has 0 heterocycles. The minimum absolute atomic E-state index is 0.138. The van der Waals surface area contributed by atoms with Crippen molar-refractivity contribution in [1.29, 1.82) is 0 Å². The standard InChI is InChI=1S/C18H33NO5/c1-5-6-7-8-9-10-11-12-13-15(20)18(24,14-16(21)22)17(23)19(2,3)4/h12-13,17,23-24H,5-11,14H2,1-4H3/p+1. The smallest absolute Gasteiger partial charge is 0.307 e. The van der Waals surface area contributed by atoms with Gasteiger partial charge in [-0.1, -0.05) is 45.1 Å². The summed E-state index contributed by atoms with van der Waals surface area (Å²) < 4.78 is -0.138. The highest BCUT2D eigenvalue weighted by Crippen LogP contribution is 2.23. The van der Waals surface area contributed by atoms with E-state index in [1.54, 1.807) is 27.2 Å². The van der Waals surface area contributed by atoms with Gasteiger partial charge in [0.25, 0.3) is 0 Å². The number of carbonyl (C=O) groups excluding carboxylic acids is 1. The molecule has 0 aliphatic heterocycles. The molecule has 0 aromatic carbocycles. The first-order valence-electron chi connectivity index (χ1n) is 8.70. The van der Waals surface area contributed by atoms with Gasteiger partial charge in [0.1, 0.15) is 0 Å². The lowest BCUT2D eigenvalue weighted by Gasteiger charge is -2.38. The lowest BCUT2D eigenvalue weighted by molar-refractivity contribution is -0.925. The summed E-state index contributed by atoms with van der Waals surface area (Å²) in [5.74, 6) is -2.10. The molecule has 0 aliphatic carbocycles. The number of likely N-dealkylation sites (N-methyl/N-ethyl adjacent to an activating group) is 1. The summed E-state index contributed by atoms with van der Waals surface area (Å²) >= 11 is 0. The van der Waals surface area contributed by atoms with E-state index in [4.69, 9.17) is 5.11 Å². The third kappa shape index (κ3) is 8.04. The molecule has 24 heavy (non-hydrogen) atoms. The quantitative estimate of drug-likeness (QED) is 0.206. The number of nitrogens with zero attached hydrogens (tertiary/aromatic N) is 1. The molecule has 0 saturated heterocycles. The molecule has 0 amide bonds. The molecular formula is C18H34NO5+. The van der Waals surface area contributed by atoms with Crippen LogP contribution in [0.2, 0.25) is 0 Å². The molecule has 0 aromatic heterocycles. The number of carboxylic acid groups (broad SMARTS) is 1. The Morgan fingerprint density at radius 3 is 2.12 bits per heavy atom. The molecule has 2 atom stereocenters. The number of ketones is 1. The zero-order chi connectivity index (χ0) is 18.8. The monoisotopic (exact) mass is 344 g/mol. The predicted octanol–water partition coefficient (Wildman–Crippen LogP) is 2.09. The number of carbonyl (C=O) groups is 2. The van der Waals surface area contributed by atoms with Gasteiger partial charge in [-0.2, -0.15) is 0 Å². The van der Waals surface area contributed by atoms with Gasteiger partial charge in [-0.3, -0.25) is 9.59 Å². The molecule has 3 N–H and O–H groups in total. The molecule has 0 aliphatic rings. The predicted molar refractivity (Wildman–Crippen MR) is 93.4 cm³/mol. The van der Waals surface area contributed by atoms with E-state index in [-0.39, 0.29) is 4.48 Å². The second-order valence-electron chi connectivity index (χ2n) is 7.31. The average molecular weight is 344 g/mol. The van der Waals surface area contributed by atoms with Crippen molar-refractivity contribution in [1.82, 2.24) is 0 Å².